The van der Waals surface area contributed by atoms with Crippen molar-refractivity contribution in [1.29, 1.82) is 0 Å². The van der Waals surface area contributed by atoms with E-state index in [1.165, 1.54) is 55.5 Å². The molecule has 5 nitrogen and oxygen atoms in total. The average Bonchev–Trinajstić information content (AvgIpc) is 3.51. The van der Waals surface area contributed by atoms with Gasteiger partial charge < -0.3 is 15.1 Å². The number of benzene rings is 2. The molecule has 35 heavy (non-hydrogen) atoms. The number of likely N-dealkylation sites (tertiary alicyclic amines) is 1. The fourth-order valence-corrected chi connectivity index (χ4v) is 5.58. The Morgan fingerprint density at radius 1 is 1.11 bits per heavy atom. The minimum absolute atomic E-state index is 0.0355. The van der Waals surface area contributed by atoms with E-state index in [2.05, 4.69) is 33.3 Å². The summed E-state index contributed by atoms with van der Waals surface area (Å²) in [4.78, 5) is 20.2. The van der Waals surface area contributed by atoms with Crippen LogP contribution in [-0.2, 0) is 24.3 Å². The molecule has 0 bridgehead atoms. The van der Waals surface area contributed by atoms with Crippen LogP contribution in [-0.4, -0.2) is 66.4 Å². The van der Waals surface area contributed by atoms with E-state index >= 15 is 0 Å². The van der Waals surface area contributed by atoms with Gasteiger partial charge in [0.2, 0.25) is 5.91 Å². The van der Waals surface area contributed by atoms with Crippen LogP contribution < -0.4 is 5.32 Å². The Hall–Kier alpha value is -2.15. The van der Waals surface area contributed by atoms with Crippen molar-refractivity contribution in [2.24, 2.45) is 5.92 Å². The van der Waals surface area contributed by atoms with Gasteiger partial charge in [0.1, 0.15) is 5.82 Å². The maximum absolute atomic E-state index is 13.5. The molecule has 2 aliphatic heterocycles. The van der Waals surface area contributed by atoms with Crippen LogP contribution in [0.5, 0.6) is 0 Å². The van der Waals surface area contributed by atoms with Gasteiger partial charge in [-0.15, -0.1) is 0 Å². The average molecular weight is 499 g/mol. The van der Waals surface area contributed by atoms with E-state index in [9.17, 15) is 9.18 Å². The van der Waals surface area contributed by atoms with Crippen LogP contribution in [0.25, 0.3) is 0 Å². The zero-order valence-corrected chi connectivity index (χ0v) is 21.2. The van der Waals surface area contributed by atoms with E-state index in [4.69, 9.17) is 11.6 Å². The van der Waals surface area contributed by atoms with E-state index < -0.39 is 0 Å². The maximum atomic E-state index is 13.5. The summed E-state index contributed by atoms with van der Waals surface area (Å²) in [5.41, 5.74) is 4.56. The Balaban J connectivity index is 1.23. The van der Waals surface area contributed by atoms with Crippen LogP contribution in [0, 0.1) is 11.7 Å². The van der Waals surface area contributed by atoms with Crippen molar-refractivity contribution < 1.29 is 9.18 Å². The molecule has 5 rings (SSSR count). The lowest BCUT2D eigenvalue weighted by Gasteiger charge is -2.30. The number of hydrogen-bond donors (Lipinski definition) is 1. The molecule has 0 spiro atoms. The maximum Gasteiger partial charge on any atom is 0.242 e. The normalized spacial score (nSPS) is 18.5. The molecule has 7 heteroatoms. The molecule has 2 heterocycles. The van der Waals surface area contributed by atoms with Gasteiger partial charge in [-0.25, -0.2) is 4.39 Å². The van der Waals surface area contributed by atoms with E-state index in [1.54, 1.807) is 6.07 Å². The van der Waals surface area contributed by atoms with Crippen LogP contribution in [0.15, 0.2) is 36.4 Å². The minimum atomic E-state index is -0.361. The van der Waals surface area contributed by atoms with Crippen molar-refractivity contribution in [2.45, 2.75) is 45.2 Å². The number of nitrogens with zero attached hydrogens (tertiary/aromatic N) is 3. The zero-order valence-electron chi connectivity index (χ0n) is 20.4. The zero-order chi connectivity index (χ0) is 24.2. The number of carbonyl (C=O) groups is 1. The molecule has 2 fully saturated rings. The van der Waals surface area contributed by atoms with Crippen molar-refractivity contribution in [1.82, 2.24) is 14.7 Å². The number of carbonyl (C=O) groups excluding carboxylic acids is 1. The number of fused-ring (bicyclic) bond motifs is 1. The Bertz CT molecular complexity index is 1040. The van der Waals surface area contributed by atoms with E-state index in [0.29, 0.717) is 18.1 Å². The first-order valence-electron chi connectivity index (χ1n) is 13.1. The first kappa shape index (κ1) is 24.5. The predicted molar refractivity (Wildman–Crippen MR) is 139 cm³/mol. The molecule has 3 aliphatic rings. The topological polar surface area (TPSA) is 38.8 Å². The van der Waals surface area contributed by atoms with Crippen molar-refractivity contribution in [3.05, 3.63) is 63.9 Å². The van der Waals surface area contributed by atoms with Crippen LogP contribution in [0.2, 0.25) is 5.02 Å². The lowest BCUT2D eigenvalue weighted by atomic mass is 9.97. The van der Waals surface area contributed by atoms with Crippen LogP contribution in [0.1, 0.15) is 42.4 Å². The fraction of sp³-hybridized carbons (Fsp3) is 0.536. The molecule has 188 valence electrons. The van der Waals surface area contributed by atoms with Gasteiger partial charge in [-0.05, 0) is 86.0 Å². The molecule has 1 saturated carbocycles. The summed E-state index contributed by atoms with van der Waals surface area (Å²) in [5, 5.41) is 3.81. The Morgan fingerprint density at radius 3 is 2.71 bits per heavy atom. The van der Waals surface area contributed by atoms with Gasteiger partial charge in [0, 0.05) is 50.0 Å². The second kappa shape index (κ2) is 11.3. The summed E-state index contributed by atoms with van der Waals surface area (Å²) in [6, 6.07) is 10.8. The number of hydrogen-bond acceptors (Lipinski definition) is 4. The van der Waals surface area contributed by atoms with Crippen LogP contribution in [0.3, 0.4) is 0 Å². The molecular formula is C28H36ClFN4O. The smallest absolute Gasteiger partial charge is 0.242 e. The molecule has 1 saturated heterocycles. The molecule has 1 aliphatic carbocycles. The lowest BCUT2D eigenvalue weighted by Crippen LogP contribution is -2.40. The number of amides is 1. The van der Waals surface area contributed by atoms with Gasteiger partial charge in [0.25, 0.3) is 0 Å². The van der Waals surface area contributed by atoms with Crippen molar-refractivity contribution in [2.75, 3.05) is 51.1 Å². The first-order chi connectivity index (χ1) is 17.0. The Kier molecular flexibility index (Phi) is 7.91. The minimum Gasteiger partial charge on any atom is -0.376 e. The molecule has 0 unspecified atom stereocenters. The Morgan fingerprint density at radius 2 is 1.94 bits per heavy atom. The highest BCUT2D eigenvalue weighted by molar-refractivity contribution is 6.31. The highest BCUT2D eigenvalue weighted by Gasteiger charge is 2.27. The molecule has 0 aromatic heterocycles. The lowest BCUT2D eigenvalue weighted by molar-refractivity contribution is -0.130. The van der Waals surface area contributed by atoms with Gasteiger partial charge in [-0.1, -0.05) is 29.8 Å². The van der Waals surface area contributed by atoms with Crippen molar-refractivity contribution in [3.63, 3.8) is 0 Å². The van der Waals surface area contributed by atoms with Crippen molar-refractivity contribution in [3.8, 4) is 0 Å². The largest absolute Gasteiger partial charge is 0.376 e. The third-order valence-corrected chi connectivity index (χ3v) is 7.95. The second-order valence-corrected chi connectivity index (χ2v) is 10.7. The van der Waals surface area contributed by atoms with E-state index in [1.807, 2.05) is 4.90 Å². The Labute approximate surface area is 213 Å². The molecular weight excluding hydrogens is 463 g/mol. The van der Waals surface area contributed by atoms with Gasteiger partial charge >= 0.3 is 0 Å². The molecule has 1 N–H and O–H groups in total. The van der Waals surface area contributed by atoms with Crippen molar-refractivity contribution >= 4 is 23.2 Å². The summed E-state index contributed by atoms with van der Waals surface area (Å²) in [6.45, 7) is 7.59. The molecule has 2 aromatic rings. The van der Waals surface area contributed by atoms with Gasteiger partial charge in [-0.3, -0.25) is 9.69 Å². The highest BCUT2D eigenvalue weighted by atomic mass is 35.5. The molecule has 2 aromatic carbocycles. The second-order valence-electron chi connectivity index (χ2n) is 10.3. The fourth-order valence-electron chi connectivity index (χ4n) is 5.35. The van der Waals surface area contributed by atoms with Gasteiger partial charge in [0.15, 0.2) is 0 Å². The van der Waals surface area contributed by atoms with E-state index in [-0.39, 0.29) is 18.3 Å². The summed E-state index contributed by atoms with van der Waals surface area (Å²) in [5.74, 6) is 0.574. The quantitative estimate of drug-likeness (QED) is 0.511. The third kappa shape index (κ3) is 6.54. The standard InChI is InChI=1S/C28H36ClFN4O/c29-26-16-24(30)9-8-23(26)20-34(15-14-32-11-1-2-12-32)28(35)17-31-27-5-3-4-22-19-33(13-10-25(22)27)18-21-6-7-21/h3-5,8-9,16,21,31H,1-2,6-7,10-15,17-20H2. The van der Waals surface area contributed by atoms with Crippen LogP contribution in [0.4, 0.5) is 10.1 Å². The monoisotopic (exact) mass is 498 g/mol. The molecule has 0 radical (unpaired) electrons. The highest BCUT2D eigenvalue weighted by Crippen LogP contribution is 2.33. The van der Waals surface area contributed by atoms with Gasteiger partial charge in [-0.2, -0.15) is 0 Å². The number of anilines is 1. The summed E-state index contributed by atoms with van der Waals surface area (Å²) in [6.07, 6.45) is 6.21. The predicted octanol–water partition coefficient (Wildman–Crippen LogP) is 4.78. The van der Waals surface area contributed by atoms with Gasteiger partial charge in [0.05, 0.1) is 6.54 Å². The molecule has 1 amide bonds. The SMILES string of the molecule is O=C(CNc1cccc2c1CCN(CC1CC1)C2)N(CCN1CCCC1)Cc1ccc(F)cc1Cl. The summed E-state index contributed by atoms with van der Waals surface area (Å²) in [7, 11) is 0. The number of nitrogens with one attached hydrogen (secondary N) is 1. The summed E-state index contributed by atoms with van der Waals surface area (Å²) >= 11 is 6.30. The van der Waals surface area contributed by atoms with Crippen LogP contribution >= 0.6 is 11.6 Å². The number of rotatable bonds is 10. The number of halogens is 2. The first-order valence-corrected chi connectivity index (χ1v) is 13.4. The van der Waals surface area contributed by atoms with E-state index in [0.717, 1.165) is 56.3 Å². The third-order valence-electron chi connectivity index (χ3n) is 7.60. The molecule has 0 atom stereocenters. The summed E-state index contributed by atoms with van der Waals surface area (Å²) < 4.78 is 13.5.